The van der Waals surface area contributed by atoms with Gasteiger partial charge in [0.1, 0.15) is 0 Å². The molecule has 0 saturated carbocycles. The van der Waals surface area contributed by atoms with Crippen LogP contribution in [0.4, 0.5) is 8.78 Å². The van der Waals surface area contributed by atoms with Gasteiger partial charge in [0, 0.05) is 44.7 Å². The number of amides is 2. The van der Waals surface area contributed by atoms with Crippen molar-refractivity contribution >= 4 is 36.6 Å². The molecule has 2 amide bonds. The lowest BCUT2D eigenvalue weighted by Crippen LogP contribution is -2.47. The lowest BCUT2D eigenvalue weighted by molar-refractivity contribution is -0.123. The summed E-state index contributed by atoms with van der Waals surface area (Å²) in [5, 5.41) is 5.19. The van der Waals surface area contributed by atoms with Crippen molar-refractivity contribution in [3.63, 3.8) is 0 Å². The van der Waals surface area contributed by atoms with Crippen LogP contribution < -0.4 is 10.6 Å². The number of rotatable bonds is 4. The molecule has 0 aliphatic carbocycles. The maximum absolute atomic E-state index is 13.1. The molecule has 3 rings (SSSR count). The Morgan fingerprint density at radius 1 is 1.14 bits per heavy atom. The molecule has 10 heteroatoms. The number of benzene rings is 1. The standard InChI is InChI=1S/C18H24F2N4O2.2ClH/c1-23-6-8-24(9-7-23)17(26)14-4-2-13(3-5-14)11-21-16(25)15-10-18(19,20)12-22-15;;/h2-5,15,22H,6-12H2,1H3,(H,21,25);2*1H. The van der Waals surface area contributed by atoms with Gasteiger partial charge in [-0.3, -0.25) is 14.9 Å². The smallest absolute Gasteiger partial charge is 0.262 e. The quantitative estimate of drug-likeness (QED) is 0.747. The fourth-order valence-electron chi connectivity index (χ4n) is 3.17. The fourth-order valence-corrected chi connectivity index (χ4v) is 3.17. The van der Waals surface area contributed by atoms with E-state index in [0.717, 1.165) is 18.7 Å². The van der Waals surface area contributed by atoms with Gasteiger partial charge in [0.2, 0.25) is 5.91 Å². The third kappa shape index (κ3) is 6.27. The number of halogens is 4. The molecule has 2 aliphatic heterocycles. The lowest BCUT2D eigenvalue weighted by atomic mass is 10.1. The minimum Gasteiger partial charge on any atom is -0.351 e. The second-order valence-electron chi connectivity index (χ2n) is 7.00. The van der Waals surface area contributed by atoms with Crippen molar-refractivity contribution in [2.24, 2.45) is 0 Å². The van der Waals surface area contributed by atoms with Crippen LogP contribution in [-0.2, 0) is 11.3 Å². The number of nitrogens with one attached hydrogen (secondary N) is 2. The Morgan fingerprint density at radius 3 is 2.29 bits per heavy atom. The third-order valence-corrected chi connectivity index (χ3v) is 4.88. The van der Waals surface area contributed by atoms with E-state index in [9.17, 15) is 18.4 Å². The number of piperazine rings is 1. The zero-order valence-electron chi connectivity index (χ0n) is 15.6. The zero-order valence-corrected chi connectivity index (χ0v) is 17.3. The summed E-state index contributed by atoms with van der Waals surface area (Å²) in [5.74, 6) is -3.25. The third-order valence-electron chi connectivity index (χ3n) is 4.88. The Hall–Kier alpha value is -1.48. The molecule has 0 aromatic heterocycles. The van der Waals surface area contributed by atoms with Crippen LogP contribution >= 0.6 is 24.8 Å². The first-order valence-corrected chi connectivity index (χ1v) is 8.80. The van der Waals surface area contributed by atoms with Crippen molar-refractivity contribution < 1.29 is 18.4 Å². The van der Waals surface area contributed by atoms with Crippen LogP contribution in [0.2, 0.25) is 0 Å². The molecule has 0 radical (unpaired) electrons. The number of hydrogen-bond donors (Lipinski definition) is 2. The van der Waals surface area contributed by atoms with E-state index in [1.54, 1.807) is 24.3 Å². The molecular formula is C18H26Cl2F2N4O2. The van der Waals surface area contributed by atoms with Gasteiger partial charge < -0.3 is 15.1 Å². The van der Waals surface area contributed by atoms with Crippen molar-refractivity contribution in [1.82, 2.24) is 20.4 Å². The van der Waals surface area contributed by atoms with Crippen molar-refractivity contribution in [2.75, 3.05) is 39.8 Å². The number of likely N-dealkylation sites (N-methyl/N-ethyl adjacent to an activating group) is 1. The highest BCUT2D eigenvalue weighted by molar-refractivity contribution is 5.94. The van der Waals surface area contributed by atoms with Gasteiger partial charge in [-0.15, -0.1) is 24.8 Å². The van der Waals surface area contributed by atoms with Gasteiger partial charge in [-0.1, -0.05) is 12.1 Å². The van der Waals surface area contributed by atoms with Gasteiger partial charge >= 0.3 is 0 Å². The molecule has 2 saturated heterocycles. The lowest BCUT2D eigenvalue weighted by Gasteiger charge is -2.32. The second-order valence-corrected chi connectivity index (χ2v) is 7.00. The topological polar surface area (TPSA) is 64.7 Å². The summed E-state index contributed by atoms with van der Waals surface area (Å²) in [6, 6.07) is 6.18. The predicted molar refractivity (Wildman–Crippen MR) is 108 cm³/mol. The van der Waals surface area contributed by atoms with Gasteiger partial charge in [0.05, 0.1) is 12.6 Å². The van der Waals surface area contributed by atoms with Gasteiger partial charge in [-0.2, -0.15) is 0 Å². The Morgan fingerprint density at radius 2 is 1.75 bits per heavy atom. The van der Waals surface area contributed by atoms with Gasteiger partial charge in [-0.05, 0) is 24.7 Å². The Kier molecular flexibility index (Phi) is 9.07. The molecular weight excluding hydrogens is 413 g/mol. The van der Waals surface area contributed by atoms with Crippen LogP contribution in [0.1, 0.15) is 22.3 Å². The van der Waals surface area contributed by atoms with Crippen LogP contribution in [0.15, 0.2) is 24.3 Å². The molecule has 0 bridgehead atoms. The number of hydrogen-bond acceptors (Lipinski definition) is 4. The van der Waals surface area contributed by atoms with E-state index in [-0.39, 0.29) is 37.3 Å². The molecule has 28 heavy (non-hydrogen) atoms. The summed E-state index contributed by atoms with van der Waals surface area (Å²) >= 11 is 0. The number of carbonyl (C=O) groups is 2. The first-order valence-electron chi connectivity index (χ1n) is 8.80. The molecule has 6 nitrogen and oxygen atoms in total. The molecule has 158 valence electrons. The maximum Gasteiger partial charge on any atom is 0.262 e. The number of nitrogens with zero attached hydrogens (tertiary/aromatic N) is 2. The molecule has 1 aromatic carbocycles. The van der Waals surface area contributed by atoms with Gasteiger partial charge in [0.25, 0.3) is 11.8 Å². The van der Waals surface area contributed by atoms with E-state index in [1.807, 2.05) is 11.9 Å². The highest BCUT2D eigenvalue weighted by atomic mass is 35.5. The zero-order chi connectivity index (χ0) is 18.7. The predicted octanol–water partition coefficient (Wildman–Crippen LogP) is 1.53. The average molecular weight is 439 g/mol. The van der Waals surface area contributed by atoms with Crippen molar-refractivity contribution in [3.05, 3.63) is 35.4 Å². The largest absolute Gasteiger partial charge is 0.351 e. The fraction of sp³-hybridized carbons (Fsp3) is 0.556. The Bertz CT molecular complexity index is 668. The van der Waals surface area contributed by atoms with Crippen LogP contribution in [0, 0.1) is 0 Å². The normalized spacial score (nSPS) is 21.4. The molecule has 2 N–H and O–H groups in total. The summed E-state index contributed by atoms with van der Waals surface area (Å²) in [7, 11) is 2.03. The molecule has 0 spiro atoms. The van der Waals surface area contributed by atoms with Gasteiger partial charge in [0.15, 0.2) is 0 Å². The monoisotopic (exact) mass is 438 g/mol. The van der Waals surface area contributed by atoms with E-state index < -0.39 is 30.8 Å². The minimum absolute atomic E-state index is 0. The molecule has 2 aliphatic rings. The van der Waals surface area contributed by atoms with Crippen LogP contribution in [0.25, 0.3) is 0 Å². The summed E-state index contributed by atoms with van der Waals surface area (Å²) in [6.07, 6.45) is -0.475. The first-order chi connectivity index (χ1) is 12.3. The molecule has 2 fully saturated rings. The maximum atomic E-state index is 13.1. The molecule has 1 atom stereocenters. The van der Waals surface area contributed by atoms with Crippen LogP contribution in [0.3, 0.4) is 0 Å². The second kappa shape index (κ2) is 10.3. The van der Waals surface area contributed by atoms with Crippen molar-refractivity contribution in [2.45, 2.75) is 24.9 Å². The number of carbonyl (C=O) groups excluding carboxylic acids is 2. The first kappa shape index (κ1) is 24.6. The van der Waals surface area contributed by atoms with Crippen molar-refractivity contribution in [3.8, 4) is 0 Å². The van der Waals surface area contributed by atoms with Crippen LogP contribution in [0.5, 0.6) is 0 Å². The Balaban J connectivity index is 0.00000196. The van der Waals surface area contributed by atoms with Gasteiger partial charge in [-0.25, -0.2) is 8.78 Å². The molecule has 1 aromatic rings. The van der Waals surface area contributed by atoms with E-state index in [2.05, 4.69) is 15.5 Å². The van der Waals surface area contributed by atoms with Crippen molar-refractivity contribution in [1.29, 1.82) is 0 Å². The van der Waals surface area contributed by atoms with Crippen LogP contribution in [-0.4, -0.2) is 73.4 Å². The minimum atomic E-state index is -2.83. The van der Waals surface area contributed by atoms with E-state index in [0.29, 0.717) is 18.7 Å². The SMILES string of the molecule is CN1CCN(C(=O)c2ccc(CNC(=O)C3CC(F)(F)CN3)cc2)CC1.Cl.Cl. The van der Waals surface area contributed by atoms with E-state index >= 15 is 0 Å². The summed E-state index contributed by atoms with van der Waals surface area (Å²) in [4.78, 5) is 28.4. The molecule has 1 unspecified atom stereocenters. The summed E-state index contributed by atoms with van der Waals surface area (Å²) in [5.41, 5.74) is 1.43. The summed E-state index contributed by atoms with van der Waals surface area (Å²) < 4.78 is 26.3. The van der Waals surface area contributed by atoms with E-state index in [4.69, 9.17) is 0 Å². The number of alkyl halides is 2. The average Bonchev–Trinajstić information content (AvgIpc) is 3.00. The Labute approximate surface area is 175 Å². The highest BCUT2D eigenvalue weighted by Gasteiger charge is 2.42. The summed E-state index contributed by atoms with van der Waals surface area (Å²) in [6.45, 7) is 2.94. The highest BCUT2D eigenvalue weighted by Crippen LogP contribution is 2.25. The van der Waals surface area contributed by atoms with E-state index in [1.165, 1.54) is 0 Å². The molecule has 2 heterocycles.